The zero-order chi connectivity index (χ0) is 15.1. The lowest BCUT2D eigenvalue weighted by atomic mass is 10.0. The van der Waals surface area contributed by atoms with Crippen molar-refractivity contribution in [3.05, 3.63) is 83.4 Å². The summed E-state index contributed by atoms with van der Waals surface area (Å²) in [5.41, 5.74) is 7.84. The standard InChI is InChI=1S/C18H19NO2/c1-14(12-13-19)18(20)21-17(15-8-4-2-5-9-15)16-10-6-3-7-11-16/h2-12,17H,13,19H2,1H3. The molecule has 0 spiro atoms. The van der Waals surface area contributed by atoms with Gasteiger partial charge in [0.2, 0.25) is 0 Å². The molecule has 0 heterocycles. The summed E-state index contributed by atoms with van der Waals surface area (Å²) < 4.78 is 5.67. The number of benzene rings is 2. The van der Waals surface area contributed by atoms with E-state index >= 15 is 0 Å². The third-order valence-electron chi connectivity index (χ3n) is 3.18. The predicted molar refractivity (Wildman–Crippen MR) is 83.6 cm³/mol. The number of ether oxygens (including phenoxy) is 1. The predicted octanol–water partition coefficient (Wildman–Crippen LogP) is 3.22. The Balaban J connectivity index is 2.30. The zero-order valence-electron chi connectivity index (χ0n) is 12.0. The van der Waals surface area contributed by atoms with E-state index in [4.69, 9.17) is 10.5 Å². The van der Waals surface area contributed by atoms with Crippen molar-refractivity contribution in [2.75, 3.05) is 6.54 Å². The lowest BCUT2D eigenvalue weighted by Crippen LogP contribution is -2.14. The highest BCUT2D eigenvalue weighted by atomic mass is 16.5. The Morgan fingerprint density at radius 3 is 1.95 bits per heavy atom. The lowest BCUT2D eigenvalue weighted by molar-refractivity contribution is -0.142. The Labute approximate surface area is 125 Å². The third-order valence-corrected chi connectivity index (χ3v) is 3.18. The summed E-state index contributed by atoms with van der Waals surface area (Å²) in [7, 11) is 0. The van der Waals surface area contributed by atoms with Gasteiger partial charge < -0.3 is 10.5 Å². The molecule has 0 fully saturated rings. The fourth-order valence-electron chi connectivity index (χ4n) is 2.04. The molecular weight excluding hydrogens is 262 g/mol. The van der Waals surface area contributed by atoms with Crippen molar-refractivity contribution in [3.8, 4) is 0 Å². The van der Waals surface area contributed by atoms with Crippen LogP contribution in [0.2, 0.25) is 0 Å². The highest BCUT2D eigenvalue weighted by molar-refractivity contribution is 5.88. The lowest BCUT2D eigenvalue weighted by Gasteiger charge is -2.19. The minimum Gasteiger partial charge on any atom is -0.449 e. The molecule has 0 aliphatic rings. The molecule has 3 heteroatoms. The first-order valence-electron chi connectivity index (χ1n) is 6.90. The van der Waals surface area contributed by atoms with Crippen LogP contribution in [0.1, 0.15) is 24.2 Å². The van der Waals surface area contributed by atoms with E-state index in [1.54, 1.807) is 13.0 Å². The molecule has 2 rings (SSSR count). The van der Waals surface area contributed by atoms with Gasteiger partial charge in [0.05, 0.1) is 0 Å². The van der Waals surface area contributed by atoms with Crippen molar-refractivity contribution >= 4 is 5.97 Å². The summed E-state index contributed by atoms with van der Waals surface area (Å²) >= 11 is 0. The van der Waals surface area contributed by atoms with Crippen molar-refractivity contribution in [1.82, 2.24) is 0 Å². The molecule has 2 N–H and O–H groups in total. The molecule has 0 aromatic heterocycles. The normalized spacial score (nSPS) is 11.5. The van der Waals surface area contributed by atoms with Crippen molar-refractivity contribution in [2.45, 2.75) is 13.0 Å². The minimum atomic E-state index is -0.416. The number of carbonyl (C=O) groups excluding carboxylic acids is 1. The zero-order valence-corrected chi connectivity index (χ0v) is 12.0. The van der Waals surface area contributed by atoms with Crippen molar-refractivity contribution in [2.24, 2.45) is 5.73 Å². The minimum absolute atomic E-state index is 0.322. The van der Waals surface area contributed by atoms with Gasteiger partial charge in [-0.25, -0.2) is 4.79 Å². The molecule has 0 saturated heterocycles. The van der Waals surface area contributed by atoms with Gasteiger partial charge in [-0.15, -0.1) is 0 Å². The maximum atomic E-state index is 12.1. The van der Waals surface area contributed by atoms with Crippen LogP contribution in [-0.2, 0) is 9.53 Å². The molecule has 0 radical (unpaired) electrons. The summed E-state index contributed by atoms with van der Waals surface area (Å²) in [6.45, 7) is 2.03. The molecular formula is C18H19NO2. The van der Waals surface area contributed by atoms with Gasteiger partial charge >= 0.3 is 5.97 Å². The molecule has 21 heavy (non-hydrogen) atoms. The van der Waals surface area contributed by atoms with E-state index in [9.17, 15) is 4.79 Å². The average Bonchev–Trinajstić information content (AvgIpc) is 2.54. The SMILES string of the molecule is CC(=CCN)C(=O)OC(c1ccccc1)c1ccccc1. The second-order valence-corrected chi connectivity index (χ2v) is 4.73. The van der Waals surface area contributed by atoms with E-state index < -0.39 is 6.10 Å². The summed E-state index contributed by atoms with van der Waals surface area (Å²) in [6, 6.07) is 19.4. The van der Waals surface area contributed by atoms with E-state index in [-0.39, 0.29) is 5.97 Å². The number of esters is 1. The van der Waals surface area contributed by atoms with Gasteiger partial charge in [0, 0.05) is 12.1 Å². The number of rotatable bonds is 5. The van der Waals surface area contributed by atoms with Crippen LogP contribution < -0.4 is 5.73 Å². The quantitative estimate of drug-likeness (QED) is 0.676. The second-order valence-electron chi connectivity index (χ2n) is 4.73. The Bertz CT molecular complexity index is 566. The van der Waals surface area contributed by atoms with Crippen LogP contribution in [-0.4, -0.2) is 12.5 Å². The van der Waals surface area contributed by atoms with Crippen LogP contribution >= 0.6 is 0 Å². The Hall–Kier alpha value is -2.39. The van der Waals surface area contributed by atoms with Crippen LogP contribution in [0.25, 0.3) is 0 Å². The smallest absolute Gasteiger partial charge is 0.334 e. The first-order valence-corrected chi connectivity index (χ1v) is 6.90. The van der Waals surface area contributed by atoms with Crippen molar-refractivity contribution < 1.29 is 9.53 Å². The molecule has 0 saturated carbocycles. The summed E-state index contributed by atoms with van der Waals surface area (Å²) in [5, 5.41) is 0. The fraction of sp³-hybridized carbons (Fsp3) is 0.167. The largest absolute Gasteiger partial charge is 0.449 e. The Kier molecular flexibility index (Phi) is 5.29. The Morgan fingerprint density at radius 2 is 1.52 bits per heavy atom. The van der Waals surface area contributed by atoms with E-state index in [0.717, 1.165) is 11.1 Å². The average molecular weight is 281 g/mol. The molecule has 0 aliphatic carbocycles. The summed E-state index contributed by atoms with van der Waals surface area (Å²) in [5.74, 6) is -0.349. The van der Waals surface area contributed by atoms with E-state index in [0.29, 0.717) is 12.1 Å². The monoisotopic (exact) mass is 281 g/mol. The van der Waals surface area contributed by atoms with Crippen LogP contribution in [0.3, 0.4) is 0 Å². The first-order chi connectivity index (χ1) is 10.2. The third kappa shape index (κ3) is 4.04. The van der Waals surface area contributed by atoms with Crippen LogP contribution in [0.5, 0.6) is 0 Å². The van der Waals surface area contributed by atoms with E-state index in [2.05, 4.69) is 0 Å². The molecule has 0 aliphatic heterocycles. The van der Waals surface area contributed by atoms with Gasteiger partial charge in [0.1, 0.15) is 0 Å². The fourth-order valence-corrected chi connectivity index (χ4v) is 2.04. The maximum Gasteiger partial charge on any atom is 0.334 e. The first kappa shape index (κ1) is 15.0. The van der Waals surface area contributed by atoms with Crippen molar-refractivity contribution in [1.29, 1.82) is 0 Å². The van der Waals surface area contributed by atoms with Crippen LogP contribution in [0.4, 0.5) is 0 Å². The van der Waals surface area contributed by atoms with E-state index in [1.807, 2.05) is 60.7 Å². The molecule has 0 unspecified atom stereocenters. The molecule has 0 amide bonds. The highest BCUT2D eigenvalue weighted by Gasteiger charge is 2.19. The van der Waals surface area contributed by atoms with Gasteiger partial charge in [-0.3, -0.25) is 0 Å². The topological polar surface area (TPSA) is 52.3 Å². The van der Waals surface area contributed by atoms with Gasteiger partial charge in [-0.05, 0) is 18.1 Å². The van der Waals surface area contributed by atoms with Gasteiger partial charge in [0.15, 0.2) is 6.10 Å². The second kappa shape index (κ2) is 7.41. The number of nitrogens with two attached hydrogens (primary N) is 1. The number of hydrogen-bond donors (Lipinski definition) is 1. The maximum absolute atomic E-state index is 12.1. The summed E-state index contributed by atoms with van der Waals surface area (Å²) in [4.78, 5) is 12.1. The summed E-state index contributed by atoms with van der Waals surface area (Å²) in [6.07, 6.45) is 1.25. The van der Waals surface area contributed by atoms with Gasteiger partial charge in [0.25, 0.3) is 0 Å². The van der Waals surface area contributed by atoms with Gasteiger partial charge in [-0.2, -0.15) is 0 Å². The molecule has 0 bridgehead atoms. The van der Waals surface area contributed by atoms with Crippen molar-refractivity contribution in [3.63, 3.8) is 0 Å². The number of hydrogen-bond acceptors (Lipinski definition) is 3. The highest BCUT2D eigenvalue weighted by Crippen LogP contribution is 2.26. The van der Waals surface area contributed by atoms with E-state index in [1.165, 1.54) is 0 Å². The molecule has 0 atom stereocenters. The van der Waals surface area contributed by atoms with Gasteiger partial charge in [-0.1, -0.05) is 66.7 Å². The molecule has 108 valence electrons. The molecule has 2 aromatic rings. The van der Waals surface area contributed by atoms with Crippen LogP contribution in [0.15, 0.2) is 72.3 Å². The number of carbonyl (C=O) groups is 1. The molecule has 3 nitrogen and oxygen atoms in total. The molecule has 2 aromatic carbocycles. The Morgan fingerprint density at radius 1 is 1.05 bits per heavy atom. The van der Waals surface area contributed by atoms with Crippen LogP contribution in [0, 0.1) is 0 Å².